The summed E-state index contributed by atoms with van der Waals surface area (Å²) in [6, 6.07) is 27.8. The van der Waals surface area contributed by atoms with Crippen LogP contribution < -0.4 is 10.1 Å². The summed E-state index contributed by atoms with van der Waals surface area (Å²) in [5, 5.41) is 25.7. The van der Waals surface area contributed by atoms with Crippen molar-refractivity contribution >= 4 is 50.5 Å². The van der Waals surface area contributed by atoms with Gasteiger partial charge >= 0.3 is 0 Å². The van der Waals surface area contributed by atoms with Crippen molar-refractivity contribution in [2.45, 2.75) is 10.1 Å². The summed E-state index contributed by atoms with van der Waals surface area (Å²) in [5.41, 5.74) is 2.99. The molecular formula is C27H18BrN3O5S. The van der Waals surface area contributed by atoms with Gasteiger partial charge in [0.2, 0.25) is 0 Å². The number of nitrogens with one attached hydrogen (secondary N) is 1. The highest BCUT2D eigenvalue weighted by molar-refractivity contribution is 9.10. The molecule has 184 valence electrons. The molecule has 0 spiro atoms. The Morgan fingerprint density at radius 3 is 2.22 bits per heavy atom. The third kappa shape index (κ3) is 5.35. The zero-order chi connectivity index (χ0) is 25.9. The average molecular weight is 576 g/mol. The van der Waals surface area contributed by atoms with Crippen LogP contribution in [0.4, 0.5) is 17.1 Å². The quantitative estimate of drug-likeness (QED) is 0.183. The minimum atomic E-state index is -0.470. The summed E-state index contributed by atoms with van der Waals surface area (Å²) in [6.07, 6.45) is 0. The van der Waals surface area contributed by atoms with Crippen molar-refractivity contribution in [2.24, 2.45) is 0 Å². The smallest absolute Gasteiger partial charge is 0.269 e. The first-order valence-electron chi connectivity index (χ1n) is 11.1. The van der Waals surface area contributed by atoms with Crippen LogP contribution in [0.1, 0.15) is 16.4 Å². The Balaban J connectivity index is 1.72. The van der Waals surface area contributed by atoms with Gasteiger partial charge in [-0.1, -0.05) is 52.3 Å². The normalized spacial score (nSPS) is 14.8. The van der Waals surface area contributed by atoms with E-state index in [2.05, 4.69) is 21.2 Å². The lowest BCUT2D eigenvalue weighted by Gasteiger charge is -2.22. The van der Waals surface area contributed by atoms with Crippen LogP contribution in [0, 0.1) is 20.2 Å². The van der Waals surface area contributed by atoms with Gasteiger partial charge in [0.1, 0.15) is 11.5 Å². The SMILES string of the molecule is O=[N+]([O-])c1ccc(OC2=C(c3ccc(Br)cc3)Nc3ccccc3SC2c2cccc([N+](=O)[O-])c2)cc1. The zero-order valence-corrected chi connectivity index (χ0v) is 21.4. The highest BCUT2D eigenvalue weighted by Crippen LogP contribution is 2.49. The zero-order valence-electron chi connectivity index (χ0n) is 19.0. The lowest BCUT2D eigenvalue weighted by atomic mass is 10.0. The molecule has 1 unspecified atom stereocenters. The summed E-state index contributed by atoms with van der Waals surface area (Å²) < 4.78 is 7.37. The number of non-ortho nitro benzene ring substituents is 2. The van der Waals surface area contributed by atoms with Crippen LogP contribution in [0.3, 0.4) is 0 Å². The van der Waals surface area contributed by atoms with Gasteiger partial charge in [0.25, 0.3) is 11.4 Å². The standard InChI is InChI=1S/C27H18BrN3O5S/c28-19-10-8-17(9-11-19)25-26(36-22-14-12-20(13-15-22)30(32)33)27(18-4-3-5-21(16-18)31(34)35)37-24-7-2-1-6-23(24)29-25/h1-16,27,29H. The van der Waals surface area contributed by atoms with Gasteiger partial charge in [0.05, 0.1) is 26.5 Å². The van der Waals surface area contributed by atoms with Crippen molar-refractivity contribution in [3.8, 4) is 5.75 Å². The summed E-state index contributed by atoms with van der Waals surface area (Å²) >= 11 is 4.98. The fourth-order valence-corrected chi connectivity index (χ4v) is 5.38. The molecule has 0 saturated heterocycles. The van der Waals surface area contributed by atoms with Gasteiger partial charge in [-0.05, 0) is 42.0 Å². The molecular weight excluding hydrogens is 558 g/mol. The van der Waals surface area contributed by atoms with Crippen LogP contribution in [0.5, 0.6) is 5.75 Å². The van der Waals surface area contributed by atoms with E-state index in [1.165, 1.54) is 42.1 Å². The molecule has 0 bridgehead atoms. The Labute approximate surface area is 224 Å². The molecule has 10 heteroatoms. The highest BCUT2D eigenvalue weighted by Gasteiger charge is 2.30. The van der Waals surface area contributed by atoms with Gasteiger partial charge in [-0.3, -0.25) is 20.2 Å². The molecule has 1 aliphatic rings. The maximum absolute atomic E-state index is 11.6. The van der Waals surface area contributed by atoms with Crippen LogP contribution in [0.2, 0.25) is 0 Å². The topological polar surface area (TPSA) is 108 Å². The minimum absolute atomic E-state index is 0.0246. The Bertz CT molecular complexity index is 1520. The van der Waals surface area contributed by atoms with Crippen LogP contribution in [-0.4, -0.2) is 9.85 Å². The minimum Gasteiger partial charge on any atom is -0.458 e. The van der Waals surface area contributed by atoms with E-state index in [9.17, 15) is 20.2 Å². The van der Waals surface area contributed by atoms with E-state index < -0.39 is 15.1 Å². The number of ether oxygens (including phenoxy) is 1. The van der Waals surface area contributed by atoms with Gasteiger partial charge in [-0.15, -0.1) is 11.8 Å². The fourth-order valence-electron chi connectivity index (χ4n) is 3.90. The second kappa shape index (κ2) is 10.5. The lowest BCUT2D eigenvalue weighted by molar-refractivity contribution is -0.385. The number of nitrogens with zero attached hydrogens (tertiary/aromatic N) is 2. The molecule has 0 radical (unpaired) electrons. The van der Waals surface area contributed by atoms with Crippen LogP contribution in [-0.2, 0) is 0 Å². The number of para-hydroxylation sites is 1. The second-order valence-electron chi connectivity index (χ2n) is 8.07. The number of fused-ring (bicyclic) bond motifs is 1. The largest absolute Gasteiger partial charge is 0.458 e. The first-order valence-corrected chi connectivity index (χ1v) is 12.8. The Kier molecular flexibility index (Phi) is 6.93. The van der Waals surface area contributed by atoms with Crippen molar-refractivity contribution in [3.63, 3.8) is 0 Å². The molecule has 1 heterocycles. The van der Waals surface area contributed by atoms with E-state index in [1.54, 1.807) is 12.1 Å². The van der Waals surface area contributed by atoms with Gasteiger partial charge < -0.3 is 10.1 Å². The number of nitro groups is 2. The van der Waals surface area contributed by atoms with Crippen LogP contribution in [0.25, 0.3) is 5.70 Å². The van der Waals surface area contributed by atoms with Crippen molar-refractivity contribution in [3.05, 3.63) is 139 Å². The molecule has 0 saturated carbocycles. The van der Waals surface area contributed by atoms with Crippen LogP contribution in [0.15, 0.2) is 112 Å². The number of hydrogen-bond acceptors (Lipinski definition) is 7. The first-order chi connectivity index (χ1) is 17.9. The summed E-state index contributed by atoms with van der Waals surface area (Å²) in [7, 11) is 0. The van der Waals surface area contributed by atoms with Gasteiger partial charge in [0.15, 0.2) is 0 Å². The molecule has 1 N–H and O–H groups in total. The summed E-state index contributed by atoms with van der Waals surface area (Å²) in [6.45, 7) is 0. The molecule has 0 aromatic heterocycles. The predicted octanol–water partition coefficient (Wildman–Crippen LogP) is 7.97. The number of rotatable bonds is 6. The lowest BCUT2D eigenvalue weighted by Crippen LogP contribution is -2.11. The number of thioether (sulfide) groups is 1. The first kappa shape index (κ1) is 24.5. The third-order valence-electron chi connectivity index (χ3n) is 5.67. The van der Waals surface area contributed by atoms with Gasteiger partial charge in [-0.2, -0.15) is 0 Å². The monoisotopic (exact) mass is 575 g/mol. The number of benzene rings is 4. The number of anilines is 1. The summed E-state index contributed by atoms with van der Waals surface area (Å²) in [4.78, 5) is 22.8. The van der Waals surface area contributed by atoms with E-state index in [0.717, 1.165) is 20.6 Å². The fraction of sp³-hybridized carbons (Fsp3) is 0.0370. The van der Waals surface area contributed by atoms with E-state index >= 15 is 0 Å². The number of hydrogen-bond donors (Lipinski definition) is 1. The van der Waals surface area contributed by atoms with Gasteiger partial charge in [-0.25, -0.2) is 0 Å². The van der Waals surface area contributed by atoms with E-state index in [4.69, 9.17) is 4.74 Å². The number of nitro benzene ring substituents is 2. The molecule has 4 aromatic rings. The maximum atomic E-state index is 11.6. The Morgan fingerprint density at radius 2 is 1.51 bits per heavy atom. The third-order valence-corrected chi connectivity index (χ3v) is 7.53. The Hall–Kier alpha value is -4.15. The molecule has 0 fully saturated rings. The van der Waals surface area contributed by atoms with E-state index in [-0.39, 0.29) is 11.4 Å². The summed E-state index contributed by atoms with van der Waals surface area (Å²) in [5.74, 6) is 0.914. The van der Waals surface area contributed by atoms with Crippen molar-refractivity contribution in [2.75, 3.05) is 5.32 Å². The molecule has 0 amide bonds. The molecule has 5 rings (SSSR count). The molecule has 1 atom stereocenters. The van der Waals surface area contributed by atoms with Crippen LogP contribution >= 0.6 is 27.7 Å². The highest BCUT2D eigenvalue weighted by atomic mass is 79.9. The van der Waals surface area contributed by atoms with E-state index in [0.29, 0.717) is 22.8 Å². The van der Waals surface area contributed by atoms with Crippen molar-refractivity contribution < 1.29 is 14.6 Å². The second-order valence-corrected chi connectivity index (χ2v) is 10.1. The van der Waals surface area contributed by atoms with E-state index in [1.807, 2.05) is 54.6 Å². The molecule has 0 aliphatic carbocycles. The maximum Gasteiger partial charge on any atom is 0.269 e. The molecule has 4 aromatic carbocycles. The van der Waals surface area contributed by atoms with Crippen molar-refractivity contribution in [1.29, 1.82) is 0 Å². The van der Waals surface area contributed by atoms with Gasteiger partial charge in [0, 0.05) is 39.2 Å². The number of halogens is 1. The van der Waals surface area contributed by atoms with Crippen molar-refractivity contribution in [1.82, 2.24) is 0 Å². The molecule has 1 aliphatic heterocycles. The Morgan fingerprint density at radius 1 is 0.811 bits per heavy atom. The molecule has 37 heavy (non-hydrogen) atoms. The average Bonchev–Trinajstić information content (AvgIpc) is 3.07. The molecule has 8 nitrogen and oxygen atoms in total. The predicted molar refractivity (Wildman–Crippen MR) is 147 cm³/mol.